The Kier molecular flexibility index (Phi) is 4.44. The summed E-state index contributed by atoms with van der Waals surface area (Å²) in [6.45, 7) is 0. The smallest absolute Gasteiger partial charge is 0.288 e. The highest BCUT2D eigenvalue weighted by atomic mass is 35.5. The van der Waals surface area contributed by atoms with Gasteiger partial charge in [-0.3, -0.25) is 14.9 Å². The standard InChI is InChI=1S/C16H12ClN5O3/c1-21-9-18-20-15(21)10-3-2-4-12(7-10)19-16(23)11-5-6-13(17)14(8-11)22(24)25/h2-9H,1H3,(H,19,23). The molecular formula is C16H12ClN5O3. The lowest BCUT2D eigenvalue weighted by Crippen LogP contribution is -2.12. The van der Waals surface area contributed by atoms with Crippen LogP contribution < -0.4 is 5.32 Å². The number of amides is 1. The predicted octanol–water partition coefficient (Wildman–Crippen LogP) is 3.30. The highest BCUT2D eigenvalue weighted by Crippen LogP contribution is 2.26. The average molecular weight is 358 g/mol. The van der Waals surface area contributed by atoms with Crippen molar-refractivity contribution in [3.8, 4) is 11.4 Å². The molecule has 25 heavy (non-hydrogen) atoms. The number of nitrogens with zero attached hydrogens (tertiary/aromatic N) is 4. The third-order valence-electron chi connectivity index (χ3n) is 3.50. The maximum absolute atomic E-state index is 12.4. The summed E-state index contributed by atoms with van der Waals surface area (Å²) in [6.07, 6.45) is 1.58. The largest absolute Gasteiger partial charge is 0.322 e. The van der Waals surface area contributed by atoms with Crippen LogP contribution in [0.15, 0.2) is 48.8 Å². The molecule has 1 aromatic heterocycles. The van der Waals surface area contributed by atoms with E-state index in [-0.39, 0.29) is 16.3 Å². The normalized spacial score (nSPS) is 10.5. The van der Waals surface area contributed by atoms with Crippen LogP contribution in [0, 0.1) is 10.1 Å². The van der Waals surface area contributed by atoms with Crippen LogP contribution >= 0.6 is 11.6 Å². The van der Waals surface area contributed by atoms with Gasteiger partial charge >= 0.3 is 0 Å². The van der Waals surface area contributed by atoms with Gasteiger partial charge < -0.3 is 9.88 Å². The molecule has 0 saturated carbocycles. The number of hydrogen-bond acceptors (Lipinski definition) is 5. The van der Waals surface area contributed by atoms with E-state index in [4.69, 9.17) is 11.6 Å². The van der Waals surface area contributed by atoms with Crippen LogP contribution in [-0.4, -0.2) is 25.6 Å². The molecule has 1 amide bonds. The quantitative estimate of drug-likeness (QED) is 0.570. The van der Waals surface area contributed by atoms with Crippen molar-refractivity contribution in [2.75, 3.05) is 5.32 Å². The number of carbonyl (C=O) groups excluding carboxylic acids is 1. The molecule has 0 spiro atoms. The number of rotatable bonds is 4. The van der Waals surface area contributed by atoms with E-state index in [1.54, 1.807) is 29.1 Å². The third-order valence-corrected chi connectivity index (χ3v) is 3.81. The molecule has 0 unspecified atom stereocenters. The number of nitrogens with one attached hydrogen (secondary N) is 1. The van der Waals surface area contributed by atoms with Gasteiger partial charge in [-0.05, 0) is 24.3 Å². The van der Waals surface area contributed by atoms with Crippen LogP contribution in [0.2, 0.25) is 5.02 Å². The fraction of sp³-hybridized carbons (Fsp3) is 0.0625. The number of benzene rings is 2. The van der Waals surface area contributed by atoms with Crippen molar-refractivity contribution < 1.29 is 9.72 Å². The Morgan fingerprint density at radius 1 is 1.28 bits per heavy atom. The van der Waals surface area contributed by atoms with Crippen LogP contribution in [0.4, 0.5) is 11.4 Å². The van der Waals surface area contributed by atoms with Gasteiger partial charge in [0.25, 0.3) is 11.6 Å². The zero-order valence-corrected chi connectivity index (χ0v) is 13.8. The lowest BCUT2D eigenvalue weighted by molar-refractivity contribution is -0.384. The first-order valence-corrected chi connectivity index (χ1v) is 7.53. The third kappa shape index (κ3) is 3.48. The van der Waals surface area contributed by atoms with Crippen molar-refractivity contribution in [3.05, 3.63) is 69.5 Å². The van der Waals surface area contributed by atoms with Crippen molar-refractivity contribution in [2.45, 2.75) is 0 Å². The first-order chi connectivity index (χ1) is 12.0. The molecule has 9 heteroatoms. The zero-order chi connectivity index (χ0) is 18.0. The van der Waals surface area contributed by atoms with Crippen molar-refractivity contribution in [3.63, 3.8) is 0 Å². The Morgan fingerprint density at radius 2 is 2.08 bits per heavy atom. The Balaban J connectivity index is 1.86. The number of nitro benzene ring substituents is 1. The molecule has 0 aliphatic heterocycles. The average Bonchev–Trinajstić information content (AvgIpc) is 3.01. The topological polar surface area (TPSA) is 103 Å². The number of aromatic nitrogens is 3. The van der Waals surface area contributed by atoms with E-state index in [1.165, 1.54) is 12.1 Å². The molecule has 1 heterocycles. The van der Waals surface area contributed by atoms with Gasteiger partial charge in [-0.25, -0.2) is 0 Å². The van der Waals surface area contributed by atoms with Crippen molar-refractivity contribution >= 4 is 28.9 Å². The van der Waals surface area contributed by atoms with Gasteiger partial charge in [0.2, 0.25) is 0 Å². The summed E-state index contributed by atoms with van der Waals surface area (Å²) in [7, 11) is 1.81. The fourth-order valence-electron chi connectivity index (χ4n) is 2.28. The lowest BCUT2D eigenvalue weighted by Gasteiger charge is -2.08. The lowest BCUT2D eigenvalue weighted by atomic mass is 10.1. The summed E-state index contributed by atoms with van der Waals surface area (Å²) in [6, 6.07) is 11.0. The van der Waals surface area contributed by atoms with Crippen molar-refractivity contribution in [2.24, 2.45) is 7.05 Å². The molecule has 8 nitrogen and oxygen atoms in total. The van der Waals surface area contributed by atoms with Crippen LogP contribution in [0.1, 0.15) is 10.4 Å². The summed E-state index contributed by atoms with van der Waals surface area (Å²) >= 11 is 5.76. The van der Waals surface area contributed by atoms with Crippen LogP contribution in [0.25, 0.3) is 11.4 Å². The summed E-state index contributed by atoms with van der Waals surface area (Å²) in [5.74, 6) is 0.174. The molecule has 0 saturated heterocycles. The number of aryl methyl sites for hydroxylation is 1. The van der Waals surface area contributed by atoms with E-state index in [0.717, 1.165) is 11.6 Å². The second kappa shape index (κ2) is 6.70. The monoisotopic (exact) mass is 357 g/mol. The molecule has 0 aliphatic carbocycles. The van der Waals surface area contributed by atoms with Crippen molar-refractivity contribution in [1.82, 2.24) is 14.8 Å². The Bertz CT molecular complexity index is 970. The number of hydrogen-bond donors (Lipinski definition) is 1. The van der Waals surface area contributed by atoms with Gasteiger partial charge in [0.1, 0.15) is 11.3 Å². The van der Waals surface area contributed by atoms with Crippen LogP contribution in [0.5, 0.6) is 0 Å². The van der Waals surface area contributed by atoms with E-state index >= 15 is 0 Å². The Morgan fingerprint density at radius 3 is 2.76 bits per heavy atom. The highest BCUT2D eigenvalue weighted by Gasteiger charge is 2.16. The van der Waals surface area contributed by atoms with Gasteiger partial charge in [0.15, 0.2) is 5.82 Å². The first kappa shape index (κ1) is 16.6. The zero-order valence-electron chi connectivity index (χ0n) is 13.0. The van der Waals surface area contributed by atoms with E-state index in [0.29, 0.717) is 11.5 Å². The summed E-state index contributed by atoms with van der Waals surface area (Å²) in [5, 5.41) is 21.5. The fourth-order valence-corrected chi connectivity index (χ4v) is 2.46. The molecule has 0 radical (unpaired) electrons. The van der Waals surface area contributed by atoms with Gasteiger partial charge in [-0.2, -0.15) is 0 Å². The Hall–Kier alpha value is -3.26. The predicted molar refractivity (Wildman–Crippen MR) is 92.5 cm³/mol. The first-order valence-electron chi connectivity index (χ1n) is 7.15. The molecule has 126 valence electrons. The molecular weight excluding hydrogens is 346 g/mol. The second-order valence-electron chi connectivity index (χ2n) is 5.22. The molecule has 0 aliphatic rings. The van der Waals surface area contributed by atoms with E-state index in [1.807, 2.05) is 13.1 Å². The highest BCUT2D eigenvalue weighted by molar-refractivity contribution is 6.32. The minimum Gasteiger partial charge on any atom is -0.322 e. The van der Waals surface area contributed by atoms with E-state index in [9.17, 15) is 14.9 Å². The molecule has 0 bridgehead atoms. The number of halogens is 1. The van der Waals surface area contributed by atoms with E-state index in [2.05, 4.69) is 15.5 Å². The minimum atomic E-state index is -0.631. The van der Waals surface area contributed by atoms with Crippen molar-refractivity contribution in [1.29, 1.82) is 0 Å². The van der Waals surface area contributed by atoms with Gasteiger partial charge in [0, 0.05) is 29.9 Å². The molecule has 3 rings (SSSR count). The maximum atomic E-state index is 12.4. The molecule has 1 N–H and O–H groups in total. The SMILES string of the molecule is Cn1cnnc1-c1cccc(NC(=O)c2ccc(Cl)c([N+](=O)[O-])c2)c1. The summed E-state index contributed by atoms with van der Waals surface area (Å²) in [4.78, 5) is 22.7. The van der Waals surface area contributed by atoms with E-state index < -0.39 is 10.8 Å². The second-order valence-corrected chi connectivity index (χ2v) is 5.63. The van der Waals surface area contributed by atoms with Gasteiger partial charge in [-0.1, -0.05) is 23.7 Å². The molecule has 3 aromatic rings. The molecule has 0 fully saturated rings. The summed E-state index contributed by atoms with van der Waals surface area (Å²) in [5.41, 5.74) is 1.13. The number of anilines is 1. The van der Waals surface area contributed by atoms with Crippen LogP contribution in [-0.2, 0) is 7.05 Å². The maximum Gasteiger partial charge on any atom is 0.288 e. The van der Waals surface area contributed by atoms with Gasteiger partial charge in [-0.15, -0.1) is 10.2 Å². The molecule has 2 aromatic carbocycles. The Labute approximate surface area is 147 Å². The van der Waals surface area contributed by atoms with Gasteiger partial charge in [0.05, 0.1) is 4.92 Å². The van der Waals surface area contributed by atoms with Crippen LogP contribution in [0.3, 0.4) is 0 Å². The number of carbonyl (C=O) groups is 1. The number of nitro groups is 1. The minimum absolute atomic E-state index is 0.0224. The molecule has 0 atom stereocenters. The summed E-state index contributed by atoms with van der Waals surface area (Å²) < 4.78 is 1.75.